The van der Waals surface area contributed by atoms with E-state index in [0.717, 1.165) is 5.56 Å². The van der Waals surface area contributed by atoms with Crippen molar-refractivity contribution in [3.63, 3.8) is 0 Å². The molecule has 1 aromatic heterocycles. The number of pyridine rings is 1. The third-order valence-electron chi connectivity index (χ3n) is 1.92. The summed E-state index contributed by atoms with van der Waals surface area (Å²) < 4.78 is 0. The van der Waals surface area contributed by atoms with Crippen molar-refractivity contribution >= 4 is 23.2 Å². The fourth-order valence-corrected chi connectivity index (χ4v) is 1.50. The zero-order chi connectivity index (χ0) is 10.0. The molecule has 2 nitrogen and oxygen atoms in total. The largest absolute Gasteiger partial charge is 0.324 e. The van der Waals surface area contributed by atoms with E-state index >= 15 is 0 Å². The number of hydrogen-bond donors (Lipinski definition) is 1. The summed E-state index contributed by atoms with van der Waals surface area (Å²) in [7, 11) is 0. The zero-order valence-electron chi connectivity index (χ0n) is 7.59. The molecule has 1 rings (SSSR count). The summed E-state index contributed by atoms with van der Waals surface area (Å²) in [5, 5.41) is 0.790. The van der Waals surface area contributed by atoms with Gasteiger partial charge in [0.15, 0.2) is 0 Å². The van der Waals surface area contributed by atoms with Crippen LogP contribution in [0.1, 0.15) is 25.5 Å². The second kappa shape index (κ2) is 4.27. The minimum atomic E-state index is -0.0859. The molecule has 72 valence electrons. The Morgan fingerprint density at radius 1 is 1.31 bits per heavy atom. The van der Waals surface area contributed by atoms with E-state index in [1.54, 1.807) is 6.07 Å². The Bertz CT molecular complexity index is 300. The van der Waals surface area contributed by atoms with Crippen molar-refractivity contribution in [1.82, 2.24) is 4.98 Å². The van der Waals surface area contributed by atoms with Crippen LogP contribution < -0.4 is 5.73 Å². The maximum atomic E-state index is 5.92. The quantitative estimate of drug-likeness (QED) is 0.776. The van der Waals surface area contributed by atoms with Gasteiger partial charge in [0.25, 0.3) is 0 Å². The van der Waals surface area contributed by atoms with E-state index in [2.05, 4.69) is 4.98 Å². The van der Waals surface area contributed by atoms with Crippen LogP contribution in [0.5, 0.6) is 0 Å². The van der Waals surface area contributed by atoms with Crippen LogP contribution in [-0.4, -0.2) is 4.98 Å². The summed E-state index contributed by atoms with van der Waals surface area (Å²) in [6.45, 7) is 4.07. The molecule has 4 heteroatoms. The van der Waals surface area contributed by atoms with Crippen molar-refractivity contribution in [2.45, 2.75) is 19.9 Å². The van der Waals surface area contributed by atoms with Crippen molar-refractivity contribution in [2.24, 2.45) is 11.7 Å². The predicted molar refractivity (Wildman–Crippen MR) is 56.0 cm³/mol. The topological polar surface area (TPSA) is 38.9 Å². The number of hydrogen-bond acceptors (Lipinski definition) is 2. The lowest BCUT2D eigenvalue weighted by molar-refractivity contribution is 0.513. The minimum absolute atomic E-state index is 0.0859. The monoisotopic (exact) mass is 218 g/mol. The highest BCUT2D eigenvalue weighted by Crippen LogP contribution is 2.25. The summed E-state index contributed by atoms with van der Waals surface area (Å²) >= 11 is 11.6. The van der Waals surface area contributed by atoms with Gasteiger partial charge in [-0.1, -0.05) is 43.1 Å². The first-order valence-electron chi connectivity index (χ1n) is 4.10. The Kier molecular flexibility index (Phi) is 3.54. The molecule has 13 heavy (non-hydrogen) atoms. The first kappa shape index (κ1) is 10.8. The maximum absolute atomic E-state index is 5.92. The number of rotatable bonds is 2. The fraction of sp³-hybridized carbons (Fsp3) is 0.444. The van der Waals surface area contributed by atoms with E-state index in [0.29, 0.717) is 16.2 Å². The molecule has 0 unspecified atom stereocenters. The van der Waals surface area contributed by atoms with E-state index < -0.39 is 0 Å². The van der Waals surface area contributed by atoms with Gasteiger partial charge in [0, 0.05) is 11.6 Å². The van der Waals surface area contributed by atoms with Gasteiger partial charge in [-0.3, -0.25) is 0 Å². The summed E-state index contributed by atoms with van der Waals surface area (Å²) in [6.07, 6.45) is 0. The van der Waals surface area contributed by atoms with Crippen LogP contribution in [0.4, 0.5) is 0 Å². The Labute approximate surface area is 88.1 Å². The first-order chi connectivity index (χ1) is 6.02. The van der Waals surface area contributed by atoms with E-state index in [-0.39, 0.29) is 6.04 Å². The van der Waals surface area contributed by atoms with Crippen molar-refractivity contribution in [3.8, 4) is 0 Å². The smallest absolute Gasteiger partial charge is 0.135 e. The van der Waals surface area contributed by atoms with Gasteiger partial charge in [0.1, 0.15) is 10.3 Å². The third-order valence-corrected chi connectivity index (χ3v) is 2.43. The Hall–Kier alpha value is -0.310. The lowest BCUT2D eigenvalue weighted by Gasteiger charge is -2.16. The molecule has 0 saturated carbocycles. The molecule has 0 aliphatic heterocycles. The second-order valence-corrected chi connectivity index (χ2v) is 4.03. The van der Waals surface area contributed by atoms with E-state index in [1.165, 1.54) is 0 Å². The van der Waals surface area contributed by atoms with Gasteiger partial charge < -0.3 is 5.73 Å². The average Bonchev–Trinajstić information content (AvgIpc) is 2.03. The van der Waals surface area contributed by atoms with Crippen LogP contribution in [0.3, 0.4) is 0 Å². The average molecular weight is 219 g/mol. The molecule has 0 amide bonds. The van der Waals surface area contributed by atoms with Gasteiger partial charge in [0.2, 0.25) is 0 Å². The normalized spacial score (nSPS) is 13.4. The van der Waals surface area contributed by atoms with Crippen LogP contribution in [-0.2, 0) is 0 Å². The van der Waals surface area contributed by atoms with Gasteiger partial charge >= 0.3 is 0 Å². The van der Waals surface area contributed by atoms with Gasteiger partial charge in [-0.2, -0.15) is 0 Å². The van der Waals surface area contributed by atoms with Gasteiger partial charge in [-0.15, -0.1) is 0 Å². The van der Waals surface area contributed by atoms with Crippen LogP contribution in [0.25, 0.3) is 0 Å². The molecular formula is C9H12Cl2N2. The van der Waals surface area contributed by atoms with Crippen LogP contribution >= 0.6 is 23.2 Å². The van der Waals surface area contributed by atoms with Crippen LogP contribution in [0.15, 0.2) is 12.1 Å². The van der Waals surface area contributed by atoms with E-state index in [9.17, 15) is 0 Å². The molecular weight excluding hydrogens is 207 g/mol. The molecule has 0 aromatic carbocycles. The summed E-state index contributed by atoms with van der Waals surface area (Å²) in [5.74, 6) is 0.334. The highest BCUT2D eigenvalue weighted by Gasteiger charge is 2.14. The van der Waals surface area contributed by atoms with Crippen molar-refractivity contribution < 1.29 is 0 Å². The maximum Gasteiger partial charge on any atom is 0.135 e. The number of halogens is 2. The highest BCUT2D eigenvalue weighted by atomic mass is 35.5. The first-order valence-corrected chi connectivity index (χ1v) is 4.85. The summed E-state index contributed by atoms with van der Waals surface area (Å²) in [4.78, 5) is 3.93. The van der Waals surface area contributed by atoms with Gasteiger partial charge in [0.05, 0.1) is 0 Å². The minimum Gasteiger partial charge on any atom is -0.324 e. The molecule has 2 N–H and O–H groups in total. The van der Waals surface area contributed by atoms with Crippen molar-refractivity contribution in [2.75, 3.05) is 0 Å². The van der Waals surface area contributed by atoms with Crippen molar-refractivity contribution in [3.05, 3.63) is 28.0 Å². The predicted octanol–water partition coefficient (Wildman–Crippen LogP) is 3.04. The lowest BCUT2D eigenvalue weighted by atomic mass is 9.99. The molecule has 1 heterocycles. The molecule has 0 aliphatic carbocycles. The Morgan fingerprint density at radius 2 is 1.92 bits per heavy atom. The van der Waals surface area contributed by atoms with Gasteiger partial charge in [-0.25, -0.2) is 4.98 Å². The van der Waals surface area contributed by atoms with Crippen LogP contribution in [0, 0.1) is 5.92 Å². The fourth-order valence-electron chi connectivity index (χ4n) is 1.03. The number of nitrogens with zero attached hydrogens (tertiary/aromatic N) is 1. The standard InChI is InChI=1S/C9H12Cl2N2/c1-5(2)8(12)6-3-4-7(10)13-9(6)11/h3-5,8H,12H2,1-2H3/t8-/m1/s1. The molecule has 0 spiro atoms. The Balaban J connectivity index is 3.01. The Morgan fingerprint density at radius 3 is 2.38 bits per heavy atom. The van der Waals surface area contributed by atoms with Crippen molar-refractivity contribution in [1.29, 1.82) is 0 Å². The second-order valence-electron chi connectivity index (χ2n) is 3.28. The molecule has 1 aromatic rings. The summed E-state index contributed by atoms with van der Waals surface area (Å²) in [6, 6.07) is 3.44. The zero-order valence-corrected chi connectivity index (χ0v) is 9.10. The van der Waals surface area contributed by atoms with E-state index in [1.807, 2.05) is 19.9 Å². The lowest BCUT2D eigenvalue weighted by Crippen LogP contribution is -2.17. The molecule has 0 radical (unpaired) electrons. The molecule has 1 atom stereocenters. The number of aromatic nitrogens is 1. The summed E-state index contributed by atoms with van der Waals surface area (Å²) in [5.41, 5.74) is 6.77. The molecule has 0 aliphatic rings. The molecule has 0 fully saturated rings. The molecule has 0 bridgehead atoms. The van der Waals surface area contributed by atoms with Gasteiger partial charge in [-0.05, 0) is 12.0 Å². The SMILES string of the molecule is CC(C)[C@@H](N)c1ccc(Cl)nc1Cl. The molecule has 0 saturated heterocycles. The van der Waals surface area contributed by atoms with Crippen LogP contribution in [0.2, 0.25) is 10.3 Å². The van der Waals surface area contributed by atoms with E-state index in [4.69, 9.17) is 28.9 Å². The number of nitrogens with two attached hydrogens (primary N) is 1. The third kappa shape index (κ3) is 2.56. The highest BCUT2D eigenvalue weighted by molar-refractivity contribution is 6.32.